The van der Waals surface area contributed by atoms with Crippen molar-refractivity contribution in [2.45, 2.75) is 6.92 Å². The molecule has 0 spiro atoms. The van der Waals surface area contributed by atoms with Crippen LogP contribution >= 0.6 is 0 Å². The van der Waals surface area contributed by atoms with E-state index in [4.69, 9.17) is 4.74 Å². The molecule has 0 aromatic carbocycles. The Morgan fingerprint density at radius 2 is 2.58 bits per heavy atom. The minimum Gasteiger partial charge on any atom is -0.465 e. The smallest absolute Gasteiger partial charge is 0.325 e. The summed E-state index contributed by atoms with van der Waals surface area (Å²) in [5.41, 5.74) is 0. The van der Waals surface area contributed by atoms with Gasteiger partial charge in [0, 0.05) is 12.7 Å². The second-order valence-corrected chi connectivity index (χ2v) is 2.38. The van der Waals surface area contributed by atoms with E-state index in [2.05, 4.69) is 4.99 Å². The molecule has 0 aromatic heterocycles. The van der Waals surface area contributed by atoms with Gasteiger partial charge in [0.2, 0.25) is 0 Å². The fourth-order valence-electron chi connectivity index (χ4n) is 0.901. The molecule has 0 atom stereocenters. The van der Waals surface area contributed by atoms with Crippen molar-refractivity contribution in [3.63, 3.8) is 0 Å². The van der Waals surface area contributed by atoms with E-state index in [-0.39, 0.29) is 12.5 Å². The molecule has 0 aromatic rings. The molecule has 66 valence electrons. The van der Waals surface area contributed by atoms with Crippen molar-refractivity contribution < 1.29 is 9.53 Å². The lowest BCUT2D eigenvalue weighted by atomic mass is 10.4. The van der Waals surface area contributed by atoms with Crippen LogP contribution in [0.4, 0.5) is 0 Å². The number of aliphatic imine (C=N–C) groups is 1. The molecule has 4 heteroatoms. The molecule has 1 aliphatic heterocycles. The zero-order valence-corrected chi connectivity index (χ0v) is 7.06. The van der Waals surface area contributed by atoms with Gasteiger partial charge in [-0.15, -0.1) is 0 Å². The summed E-state index contributed by atoms with van der Waals surface area (Å²) in [4.78, 5) is 16.6. The highest BCUT2D eigenvalue weighted by molar-refractivity contribution is 5.75. The van der Waals surface area contributed by atoms with E-state index in [9.17, 15) is 4.79 Å². The molecule has 1 rings (SSSR count). The van der Waals surface area contributed by atoms with Crippen LogP contribution in [0.25, 0.3) is 0 Å². The third-order valence-electron chi connectivity index (χ3n) is 1.40. The van der Waals surface area contributed by atoms with Gasteiger partial charge in [-0.25, -0.2) is 4.99 Å². The number of ether oxygens (including phenoxy) is 1. The first-order chi connectivity index (χ1) is 5.83. The Kier molecular flexibility index (Phi) is 3.32. The quantitative estimate of drug-likeness (QED) is 0.573. The number of hydrogen-bond acceptors (Lipinski definition) is 4. The first-order valence-corrected chi connectivity index (χ1v) is 3.91. The van der Waals surface area contributed by atoms with Crippen molar-refractivity contribution in [3.05, 3.63) is 12.3 Å². The van der Waals surface area contributed by atoms with Crippen molar-refractivity contribution in [1.29, 1.82) is 0 Å². The lowest BCUT2D eigenvalue weighted by Gasteiger charge is -2.17. The second kappa shape index (κ2) is 4.54. The van der Waals surface area contributed by atoms with E-state index in [1.54, 1.807) is 24.4 Å². The number of hydrogen-bond donors (Lipinski definition) is 0. The van der Waals surface area contributed by atoms with Crippen LogP contribution in [0.1, 0.15) is 6.92 Å². The molecule has 0 N–H and O–H groups in total. The normalized spacial score (nSPS) is 14.9. The van der Waals surface area contributed by atoms with Gasteiger partial charge in [-0.1, -0.05) is 0 Å². The summed E-state index contributed by atoms with van der Waals surface area (Å²) in [6.45, 7) is 3.23. The number of esters is 1. The summed E-state index contributed by atoms with van der Waals surface area (Å²) < 4.78 is 4.78. The maximum absolute atomic E-state index is 11.0. The Balaban J connectivity index is 2.27. The fourth-order valence-corrected chi connectivity index (χ4v) is 0.901. The fraction of sp³-hybridized carbons (Fsp3) is 0.500. The SMILES string of the molecule is CCOC(=O)CN1C=NC=CC1. The predicted octanol–water partition coefficient (Wildman–Crippen LogP) is 0.407. The Labute approximate surface area is 71.5 Å². The molecule has 0 bridgehead atoms. The van der Waals surface area contributed by atoms with E-state index >= 15 is 0 Å². The summed E-state index contributed by atoms with van der Waals surface area (Å²) in [7, 11) is 0. The largest absolute Gasteiger partial charge is 0.465 e. The van der Waals surface area contributed by atoms with Gasteiger partial charge in [0.15, 0.2) is 0 Å². The monoisotopic (exact) mass is 168 g/mol. The molecule has 0 fully saturated rings. The van der Waals surface area contributed by atoms with E-state index in [1.165, 1.54) is 0 Å². The van der Waals surface area contributed by atoms with Gasteiger partial charge in [-0.2, -0.15) is 0 Å². The van der Waals surface area contributed by atoms with E-state index in [0.29, 0.717) is 6.61 Å². The third-order valence-corrected chi connectivity index (χ3v) is 1.40. The van der Waals surface area contributed by atoms with Crippen LogP contribution in [0, 0.1) is 0 Å². The number of carbonyl (C=O) groups is 1. The lowest BCUT2D eigenvalue weighted by molar-refractivity contribution is -0.143. The van der Waals surface area contributed by atoms with Crippen LogP contribution in [-0.2, 0) is 9.53 Å². The van der Waals surface area contributed by atoms with Gasteiger partial charge in [0.05, 0.1) is 12.9 Å². The van der Waals surface area contributed by atoms with Gasteiger partial charge >= 0.3 is 5.97 Å². The summed E-state index contributed by atoms with van der Waals surface area (Å²) in [6, 6.07) is 0. The Bertz CT molecular complexity index is 211. The predicted molar refractivity (Wildman–Crippen MR) is 45.8 cm³/mol. The molecule has 0 radical (unpaired) electrons. The average Bonchev–Trinajstić information content (AvgIpc) is 2.06. The van der Waals surface area contributed by atoms with Gasteiger partial charge in [0.1, 0.15) is 6.54 Å². The molecule has 1 heterocycles. The Morgan fingerprint density at radius 1 is 1.75 bits per heavy atom. The highest BCUT2D eigenvalue weighted by atomic mass is 16.5. The molecule has 0 amide bonds. The van der Waals surface area contributed by atoms with Gasteiger partial charge in [-0.3, -0.25) is 4.79 Å². The molecule has 0 unspecified atom stereocenters. The van der Waals surface area contributed by atoms with E-state index < -0.39 is 0 Å². The maximum atomic E-state index is 11.0. The second-order valence-electron chi connectivity index (χ2n) is 2.38. The topological polar surface area (TPSA) is 41.9 Å². The highest BCUT2D eigenvalue weighted by Crippen LogP contribution is 1.93. The molecule has 0 saturated carbocycles. The van der Waals surface area contributed by atoms with E-state index in [1.807, 2.05) is 6.08 Å². The number of carbonyl (C=O) groups excluding carboxylic acids is 1. The summed E-state index contributed by atoms with van der Waals surface area (Å²) in [6.07, 6.45) is 5.23. The van der Waals surface area contributed by atoms with Crippen LogP contribution in [0.5, 0.6) is 0 Å². The van der Waals surface area contributed by atoms with Crippen molar-refractivity contribution in [2.75, 3.05) is 19.7 Å². The van der Waals surface area contributed by atoms with Crippen molar-refractivity contribution in [2.24, 2.45) is 4.99 Å². The summed E-state index contributed by atoms with van der Waals surface area (Å²) >= 11 is 0. The van der Waals surface area contributed by atoms with Gasteiger partial charge in [0.25, 0.3) is 0 Å². The first kappa shape index (κ1) is 8.77. The molecule has 12 heavy (non-hydrogen) atoms. The maximum Gasteiger partial charge on any atom is 0.325 e. The Morgan fingerprint density at radius 3 is 3.17 bits per heavy atom. The molecule has 0 saturated heterocycles. The third kappa shape index (κ3) is 2.74. The minimum absolute atomic E-state index is 0.209. The molecular formula is C8H12N2O2. The van der Waals surface area contributed by atoms with Crippen LogP contribution in [0.2, 0.25) is 0 Å². The summed E-state index contributed by atoms with van der Waals surface area (Å²) in [5.74, 6) is -0.209. The van der Waals surface area contributed by atoms with Crippen molar-refractivity contribution >= 4 is 12.3 Å². The van der Waals surface area contributed by atoms with Gasteiger partial charge < -0.3 is 9.64 Å². The number of nitrogens with zero attached hydrogens (tertiary/aromatic N) is 2. The molecular weight excluding hydrogens is 156 g/mol. The van der Waals surface area contributed by atoms with Crippen LogP contribution in [-0.4, -0.2) is 36.9 Å². The van der Waals surface area contributed by atoms with Crippen molar-refractivity contribution in [3.8, 4) is 0 Å². The van der Waals surface area contributed by atoms with Gasteiger partial charge in [-0.05, 0) is 13.0 Å². The summed E-state index contributed by atoms with van der Waals surface area (Å²) in [5, 5.41) is 0. The number of rotatable bonds is 3. The standard InChI is InChI=1S/C8H12N2O2/c1-2-12-8(11)6-10-5-3-4-9-7-10/h3-4,7H,2,5-6H2,1H3. The van der Waals surface area contributed by atoms with E-state index in [0.717, 1.165) is 6.54 Å². The van der Waals surface area contributed by atoms with Crippen LogP contribution < -0.4 is 0 Å². The Hall–Kier alpha value is -1.32. The zero-order valence-electron chi connectivity index (χ0n) is 7.06. The lowest BCUT2D eigenvalue weighted by Crippen LogP contribution is -2.31. The van der Waals surface area contributed by atoms with Crippen LogP contribution in [0.3, 0.4) is 0 Å². The highest BCUT2D eigenvalue weighted by Gasteiger charge is 2.07. The molecule has 0 aliphatic carbocycles. The molecule has 4 nitrogen and oxygen atoms in total. The van der Waals surface area contributed by atoms with Crippen molar-refractivity contribution in [1.82, 2.24) is 4.90 Å². The molecule has 1 aliphatic rings. The minimum atomic E-state index is -0.209. The van der Waals surface area contributed by atoms with Crippen LogP contribution in [0.15, 0.2) is 17.3 Å². The first-order valence-electron chi connectivity index (χ1n) is 3.91. The average molecular weight is 168 g/mol. The zero-order chi connectivity index (χ0) is 8.81.